The summed E-state index contributed by atoms with van der Waals surface area (Å²) in [7, 11) is 1.62. The number of hydrogen-bond acceptors (Lipinski definition) is 6. The normalized spacial score (nSPS) is 14.7. The fourth-order valence-electron chi connectivity index (χ4n) is 4.61. The number of hydrogen-bond donors (Lipinski definition) is 1. The van der Waals surface area contributed by atoms with Gasteiger partial charge in [-0.25, -0.2) is 13.8 Å². The number of nitrogens with one attached hydrogen (secondary N) is 1. The van der Waals surface area contributed by atoms with Gasteiger partial charge in [0.1, 0.15) is 35.4 Å². The predicted molar refractivity (Wildman–Crippen MR) is 128 cm³/mol. The molecule has 1 aromatic carbocycles. The number of H-pyrrole nitrogens is 1. The van der Waals surface area contributed by atoms with E-state index in [1.54, 1.807) is 7.05 Å². The summed E-state index contributed by atoms with van der Waals surface area (Å²) < 4.78 is 77.0. The van der Waals surface area contributed by atoms with Crippen LogP contribution in [0.2, 0.25) is 0 Å². The maximum Gasteiger partial charge on any atom is 0.437 e. The average Bonchev–Trinajstić information content (AvgIpc) is 3.52. The minimum Gasteiger partial charge on any atom is -0.491 e. The molecule has 0 radical (unpaired) electrons. The number of rotatable bonds is 7. The summed E-state index contributed by atoms with van der Waals surface area (Å²) in [5, 5.41) is 8.87. The van der Waals surface area contributed by atoms with Crippen molar-refractivity contribution < 1.29 is 26.7 Å². The van der Waals surface area contributed by atoms with Crippen LogP contribution in [0.25, 0.3) is 33.9 Å². The second-order valence-corrected chi connectivity index (χ2v) is 9.01. The van der Waals surface area contributed by atoms with E-state index in [4.69, 9.17) is 4.74 Å². The van der Waals surface area contributed by atoms with E-state index in [0.717, 1.165) is 38.1 Å². The van der Waals surface area contributed by atoms with Gasteiger partial charge in [-0.05, 0) is 38.1 Å². The van der Waals surface area contributed by atoms with Crippen molar-refractivity contribution in [2.24, 2.45) is 7.05 Å². The van der Waals surface area contributed by atoms with E-state index >= 15 is 4.39 Å². The van der Waals surface area contributed by atoms with Crippen molar-refractivity contribution in [2.45, 2.75) is 25.4 Å². The summed E-state index contributed by atoms with van der Waals surface area (Å²) in [5.41, 5.74) is -0.945. The highest BCUT2D eigenvalue weighted by Gasteiger charge is 2.38. The van der Waals surface area contributed by atoms with Gasteiger partial charge >= 0.3 is 6.18 Å². The third kappa shape index (κ3) is 5.23. The van der Waals surface area contributed by atoms with Crippen LogP contribution in [0, 0.1) is 11.6 Å². The van der Waals surface area contributed by atoms with Crippen LogP contribution < -0.4 is 4.74 Å². The molecule has 0 saturated carbocycles. The van der Waals surface area contributed by atoms with Gasteiger partial charge in [0.05, 0.1) is 23.3 Å². The molecule has 5 rings (SSSR count). The highest BCUT2D eigenvalue weighted by Crippen LogP contribution is 2.40. The van der Waals surface area contributed by atoms with Gasteiger partial charge in [0.2, 0.25) is 0 Å². The maximum absolute atomic E-state index is 15.3. The van der Waals surface area contributed by atoms with Crippen molar-refractivity contribution in [1.82, 2.24) is 34.8 Å². The Bertz CT molecular complexity index is 1430. The molecular formula is C25H24F5N7O. The number of nitrogens with zero attached hydrogens (tertiary/aromatic N) is 6. The molecule has 200 valence electrons. The number of alkyl halides is 3. The van der Waals surface area contributed by atoms with E-state index in [1.807, 2.05) is 5.21 Å². The van der Waals surface area contributed by atoms with Crippen molar-refractivity contribution in [3.05, 3.63) is 54.1 Å². The summed E-state index contributed by atoms with van der Waals surface area (Å²) in [5.74, 6) is -1.67. The Morgan fingerprint density at radius 2 is 1.79 bits per heavy atom. The summed E-state index contributed by atoms with van der Waals surface area (Å²) in [4.78, 5) is 10.8. The first-order valence-corrected chi connectivity index (χ1v) is 12.0. The SMILES string of the molecule is Cn1cnc(-c2cc(-c3n[nH]nc3C(F)(F)F)ccn2)c1-c1c(F)cc(F)cc1OCCN1CCCCC1. The van der Waals surface area contributed by atoms with Crippen molar-refractivity contribution in [1.29, 1.82) is 0 Å². The molecule has 1 aliphatic rings. The molecule has 13 heteroatoms. The van der Waals surface area contributed by atoms with Crippen LogP contribution >= 0.6 is 0 Å². The lowest BCUT2D eigenvalue weighted by atomic mass is 10.0. The fourth-order valence-corrected chi connectivity index (χ4v) is 4.61. The van der Waals surface area contributed by atoms with Crippen LogP contribution in [0.1, 0.15) is 25.0 Å². The zero-order valence-corrected chi connectivity index (χ0v) is 20.4. The Morgan fingerprint density at radius 1 is 1.00 bits per heavy atom. The molecule has 38 heavy (non-hydrogen) atoms. The van der Waals surface area contributed by atoms with Gasteiger partial charge < -0.3 is 9.30 Å². The summed E-state index contributed by atoms with van der Waals surface area (Å²) in [6.45, 7) is 2.73. The topological polar surface area (TPSA) is 84.8 Å². The second kappa shape index (κ2) is 10.5. The summed E-state index contributed by atoms with van der Waals surface area (Å²) in [6, 6.07) is 4.57. The molecule has 0 aliphatic carbocycles. The third-order valence-corrected chi connectivity index (χ3v) is 6.40. The van der Waals surface area contributed by atoms with Crippen molar-refractivity contribution >= 4 is 0 Å². The van der Waals surface area contributed by atoms with Crippen molar-refractivity contribution in [3.8, 4) is 39.7 Å². The molecule has 0 bridgehead atoms. The second-order valence-electron chi connectivity index (χ2n) is 9.01. The molecule has 3 aromatic heterocycles. The molecule has 4 heterocycles. The first-order chi connectivity index (χ1) is 18.2. The quantitative estimate of drug-likeness (QED) is 0.333. The monoisotopic (exact) mass is 533 g/mol. The van der Waals surface area contributed by atoms with E-state index in [1.165, 1.54) is 35.6 Å². The first-order valence-electron chi connectivity index (χ1n) is 12.0. The van der Waals surface area contributed by atoms with E-state index < -0.39 is 29.2 Å². The molecule has 0 spiro atoms. The largest absolute Gasteiger partial charge is 0.491 e. The van der Waals surface area contributed by atoms with Gasteiger partial charge in [-0.15, -0.1) is 0 Å². The summed E-state index contributed by atoms with van der Waals surface area (Å²) in [6.07, 6.45) is 1.38. The Labute approximate surface area is 214 Å². The molecule has 1 N–H and O–H groups in total. The molecular weight excluding hydrogens is 509 g/mol. The first kappa shape index (κ1) is 25.8. The maximum atomic E-state index is 15.3. The highest BCUT2D eigenvalue weighted by molar-refractivity contribution is 5.82. The minimum absolute atomic E-state index is 0.00336. The van der Waals surface area contributed by atoms with Gasteiger partial charge in [-0.1, -0.05) is 6.42 Å². The lowest BCUT2D eigenvalue weighted by Crippen LogP contribution is -2.33. The Kier molecular flexibility index (Phi) is 7.11. The number of piperidine rings is 1. The lowest BCUT2D eigenvalue weighted by molar-refractivity contribution is -0.140. The van der Waals surface area contributed by atoms with Crippen LogP contribution in [0.4, 0.5) is 22.0 Å². The van der Waals surface area contributed by atoms with Crippen molar-refractivity contribution in [3.63, 3.8) is 0 Å². The number of pyridine rings is 1. The fraction of sp³-hybridized carbons (Fsp3) is 0.360. The molecule has 0 atom stereocenters. The van der Waals surface area contributed by atoms with E-state index in [2.05, 4.69) is 25.1 Å². The van der Waals surface area contributed by atoms with Crippen LogP contribution in [0.15, 0.2) is 36.8 Å². The van der Waals surface area contributed by atoms with Gasteiger partial charge in [0, 0.05) is 37.5 Å². The van der Waals surface area contributed by atoms with Crippen molar-refractivity contribution in [2.75, 3.05) is 26.2 Å². The average molecular weight is 534 g/mol. The van der Waals surface area contributed by atoms with Crippen LogP contribution in [-0.4, -0.2) is 61.1 Å². The predicted octanol–water partition coefficient (Wildman–Crippen LogP) is 5.10. The minimum atomic E-state index is -4.72. The van der Waals surface area contributed by atoms with E-state index in [0.29, 0.717) is 6.54 Å². The van der Waals surface area contributed by atoms with Crippen LogP contribution in [-0.2, 0) is 13.2 Å². The molecule has 8 nitrogen and oxygen atoms in total. The molecule has 0 unspecified atom stereocenters. The molecule has 4 aromatic rings. The number of aromatic nitrogens is 6. The number of halogens is 5. The lowest BCUT2D eigenvalue weighted by Gasteiger charge is -2.26. The number of ether oxygens (including phenoxy) is 1. The van der Waals surface area contributed by atoms with Gasteiger partial charge in [-0.2, -0.15) is 28.6 Å². The number of aryl methyl sites for hydroxylation is 1. The Balaban J connectivity index is 1.51. The smallest absolute Gasteiger partial charge is 0.437 e. The third-order valence-electron chi connectivity index (χ3n) is 6.40. The molecule has 1 fully saturated rings. The zero-order chi connectivity index (χ0) is 26.9. The zero-order valence-electron chi connectivity index (χ0n) is 20.4. The van der Waals surface area contributed by atoms with Crippen LogP contribution in [0.5, 0.6) is 5.75 Å². The van der Waals surface area contributed by atoms with Gasteiger partial charge in [0.15, 0.2) is 5.69 Å². The Hall–Kier alpha value is -3.87. The number of likely N-dealkylation sites (tertiary alicyclic amines) is 1. The van der Waals surface area contributed by atoms with Crippen LogP contribution in [0.3, 0.4) is 0 Å². The standard InChI is InChI=1S/C25H24F5N7O/c1-36-14-32-22(18-11-15(5-6-31-18)21-24(25(28,29)30)34-35-33-21)23(36)20-17(27)12-16(26)13-19(20)38-10-9-37-7-3-2-4-8-37/h5-6,11-14H,2-4,7-10H2,1H3,(H,33,34,35). The number of benzene rings is 1. The number of imidazole rings is 1. The van der Waals surface area contributed by atoms with Gasteiger partial charge in [0.25, 0.3) is 0 Å². The molecule has 1 saturated heterocycles. The summed E-state index contributed by atoms with van der Waals surface area (Å²) >= 11 is 0. The molecule has 0 amide bonds. The Morgan fingerprint density at radius 3 is 2.55 bits per heavy atom. The highest BCUT2D eigenvalue weighted by atomic mass is 19.4. The number of aromatic amines is 1. The van der Waals surface area contributed by atoms with Gasteiger partial charge in [-0.3, -0.25) is 9.88 Å². The van der Waals surface area contributed by atoms with E-state index in [-0.39, 0.29) is 40.6 Å². The molecule has 1 aliphatic heterocycles. The van der Waals surface area contributed by atoms with E-state index in [9.17, 15) is 17.6 Å².